The van der Waals surface area contributed by atoms with Gasteiger partial charge in [-0.2, -0.15) is 0 Å². The summed E-state index contributed by atoms with van der Waals surface area (Å²) in [5, 5.41) is 13.3. The molecule has 0 aliphatic carbocycles. The third-order valence-corrected chi connectivity index (χ3v) is 4.77. The molecule has 0 radical (unpaired) electrons. The number of benzene rings is 1. The van der Waals surface area contributed by atoms with Gasteiger partial charge in [0.15, 0.2) is 0 Å². The molecule has 1 aromatic rings. The number of carbonyl (C=O) groups is 1. The van der Waals surface area contributed by atoms with Gasteiger partial charge in [-0.15, -0.1) is 0 Å². The summed E-state index contributed by atoms with van der Waals surface area (Å²) >= 11 is 0. The largest absolute Gasteiger partial charge is 0.388 e. The van der Waals surface area contributed by atoms with E-state index in [9.17, 15) is 9.90 Å². The molecule has 2 heterocycles. The molecule has 4 heteroatoms. The second-order valence-corrected chi connectivity index (χ2v) is 6.19. The van der Waals surface area contributed by atoms with Crippen LogP contribution in [0.1, 0.15) is 43.8 Å². The van der Waals surface area contributed by atoms with Crippen molar-refractivity contribution in [3.8, 4) is 0 Å². The van der Waals surface area contributed by atoms with Gasteiger partial charge in [0.1, 0.15) is 0 Å². The van der Waals surface area contributed by atoms with Crippen molar-refractivity contribution in [2.24, 2.45) is 0 Å². The highest BCUT2D eigenvalue weighted by molar-refractivity contribution is 5.77. The highest BCUT2D eigenvalue weighted by Gasteiger charge is 2.36. The van der Waals surface area contributed by atoms with E-state index in [1.54, 1.807) is 0 Å². The van der Waals surface area contributed by atoms with E-state index in [1.165, 1.54) is 25.8 Å². The van der Waals surface area contributed by atoms with Gasteiger partial charge in [-0.25, -0.2) is 0 Å². The standard InChI is InChI=1S/C17H24N2O2/c20-16(13-6-2-1-3-7-13)12-17(21)18-14-9-11-19-10-5-4-8-15(14)19/h1-3,6-7,14-16,20H,4-5,8-12H2,(H,18,21). The Labute approximate surface area is 126 Å². The van der Waals surface area contributed by atoms with Crippen LogP contribution < -0.4 is 5.32 Å². The van der Waals surface area contributed by atoms with Crippen LogP contribution in [0.4, 0.5) is 0 Å². The summed E-state index contributed by atoms with van der Waals surface area (Å²) in [6, 6.07) is 10.2. The van der Waals surface area contributed by atoms with E-state index in [0.717, 1.165) is 18.5 Å². The van der Waals surface area contributed by atoms with Crippen molar-refractivity contribution in [3.63, 3.8) is 0 Å². The lowest BCUT2D eigenvalue weighted by Gasteiger charge is -2.32. The molecule has 4 nitrogen and oxygen atoms in total. The van der Waals surface area contributed by atoms with Gasteiger partial charge in [0.2, 0.25) is 5.91 Å². The predicted molar refractivity (Wildman–Crippen MR) is 81.8 cm³/mol. The average molecular weight is 288 g/mol. The lowest BCUT2D eigenvalue weighted by Crippen LogP contribution is -2.47. The summed E-state index contributed by atoms with van der Waals surface area (Å²) in [4.78, 5) is 14.7. The third-order valence-electron chi connectivity index (χ3n) is 4.77. The molecule has 2 saturated heterocycles. The number of carbonyl (C=O) groups excluding carboxylic acids is 1. The Morgan fingerprint density at radius 1 is 1.24 bits per heavy atom. The van der Waals surface area contributed by atoms with E-state index in [4.69, 9.17) is 0 Å². The summed E-state index contributed by atoms with van der Waals surface area (Å²) < 4.78 is 0. The zero-order valence-corrected chi connectivity index (χ0v) is 12.4. The van der Waals surface area contributed by atoms with Gasteiger partial charge in [0.25, 0.3) is 0 Å². The molecule has 3 unspecified atom stereocenters. The molecule has 21 heavy (non-hydrogen) atoms. The number of nitrogens with zero attached hydrogens (tertiary/aromatic N) is 1. The van der Waals surface area contributed by atoms with E-state index in [1.807, 2.05) is 30.3 Å². The zero-order valence-electron chi connectivity index (χ0n) is 12.4. The van der Waals surface area contributed by atoms with Crippen molar-refractivity contribution in [2.75, 3.05) is 13.1 Å². The first-order valence-corrected chi connectivity index (χ1v) is 8.00. The maximum Gasteiger partial charge on any atom is 0.223 e. The highest BCUT2D eigenvalue weighted by Crippen LogP contribution is 2.27. The van der Waals surface area contributed by atoms with E-state index in [-0.39, 0.29) is 18.4 Å². The number of hydrogen-bond acceptors (Lipinski definition) is 3. The molecule has 3 atom stereocenters. The number of fused-ring (bicyclic) bond motifs is 1. The third kappa shape index (κ3) is 3.44. The number of nitrogens with one attached hydrogen (secondary N) is 1. The van der Waals surface area contributed by atoms with Gasteiger partial charge in [0, 0.05) is 18.6 Å². The van der Waals surface area contributed by atoms with Gasteiger partial charge in [-0.1, -0.05) is 36.8 Å². The van der Waals surface area contributed by atoms with Crippen molar-refractivity contribution < 1.29 is 9.90 Å². The summed E-state index contributed by atoms with van der Waals surface area (Å²) in [6.07, 6.45) is 4.21. The minimum atomic E-state index is -0.713. The minimum absolute atomic E-state index is 0.0382. The number of amides is 1. The first-order chi connectivity index (χ1) is 10.2. The minimum Gasteiger partial charge on any atom is -0.388 e. The van der Waals surface area contributed by atoms with Gasteiger partial charge in [-0.05, 0) is 31.4 Å². The molecule has 2 N–H and O–H groups in total. The summed E-state index contributed by atoms with van der Waals surface area (Å²) in [6.45, 7) is 2.26. The molecule has 2 fully saturated rings. The molecule has 1 aromatic carbocycles. The fraction of sp³-hybridized carbons (Fsp3) is 0.588. The summed E-state index contributed by atoms with van der Waals surface area (Å²) in [7, 11) is 0. The Balaban J connectivity index is 1.52. The Hall–Kier alpha value is -1.39. The number of aliphatic hydroxyl groups is 1. The van der Waals surface area contributed by atoms with Crippen LogP contribution in [0.2, 0.25) is 0 Å². The van der Waals surface area contributed by atoms with Crippen LogP contribution in [0.25, 0.3) is 0 Å². The van der Waals surface area contributed by atoms with Crippen molar-refractivity contribution in [2.45, 2.75) is 50.3 Å². The smallest absolute Gasteiger partial charge is 0.223 e. The van der Waals surface area contributed by atoms with Crippen LogP contribution in [-0.4, -0.2) is 41.1 Å². The first-order valence-electron chi connectivity index (χ1n) is 8.00. The lowest BCUT2D eigenvalue weighted by atomic mass is 9.98. The number of piperidine rings is 1. The van der Waals surface area contributed by atoms with Gasteiger partial charge < -0.3 is 10.4 Å². The molecule has 114 valence electrons. The van der Waals surface area contributed by atoms with E-state index >= 15 is 0 Å². The Bertz CT molecular complexity index is 477. The molecule has 2 aliphatic heterocycles. The summed E-state index contributed by atoms with van der Waals surface area (Å²) in [5.41, 5.74) is 0.804. The molecular weight excluding hydrogens is 264 g/mol. The molecular formula is C17H24N2O2. The van der Waals surface area contributed by atoms with Gasteiger partial charge >= 0.3 is 0 Å². The highest BCUT2D eigenvalue weighted by atomic mass is 16.3. The quantitative estimate of drug-likeness (QED) is 0.889. The number of rotatable bonds is 4. The van der Waals surface area contributed by atoms with E-state index in [0.29, 0.717) is 6.04 Å². The second kappa shape index (κ2) is 6.58. The first kappa shape index (κ1) is 14.5. The van der Waals surface area contributed by atoms with Crippen molar-refractivity contribution in [3.05, 3.63) is 35.9 Å². The van der Waals surface area contributed by atoms with E-state index < -0.39 is 6.10 Å². The van der Waals surface area contributed by atoms with Crippen LogP contribution in [0.15, 0.2) is 30.3 Å². The Kier molecular flexibility index (Phi) is 4.56. The van der Waals surface area contributed by atoms with Crippen molar-refractivity contribution >= 4 is 5.91 Å². The monoisotopic (exact) mass is 288 g/mol. The number of aliphatic hydroxyl groups excluding tert-OH is 1. The van der Waals surface area contributed by atoms with Crippen molar-refractivity contribution in [1.29, 1.82) is 0 Å². The van der Waals surface area contributed by atoms with Gasteiger partial charge in [-0.3, -0.25) is 9.69 Å². The molecule has 2 aliphatic rings. The van der Waals surface area contributed by atoms with Crippen LogP contribution in [0.3, 0.4) is 0 Å². The van der Waals surface area contributed by atoms with Crippen LogP contribution in [0.5, 0.6) is 0 Å². The normalized spacial score (nSPS) is 27.1. The van der Waals surface area contributed by atoms with E-state index in [2.05, 4.69) is 10.2 Å². The zero-order chi connectivity index (χ0) is 14.7. The number of hydrogen-bond donors (Lipinski definition) is 2. The Morgan fingerprint density at radius 3 is 2.86 bits per heavy atom. The van der Waals surface area contributed by atoms with Crippen molar-refractivity contribution in [1.82, 2.24) is 10.2 Å². The maximum atomic E-state index is 12.2. The topological polar surface area (TPSA) is 52.6 Å². The van der Waals surface area contributed by atoms with Crippen LogP contribution >= 0.6 is 0 Å². The molecule has 0 saturated carbocycles. The molecule has 1 amide bonds. The SMILES string of the molecule is O=C(CC(O)c1ccccc1)NC1CCN2CCCCC12. The molecule has 0 aromatic heterocycles. The fourth-order valence-corrected chi connectivity index (χ4v) is 3.65. The van der Waals surface area contributed by atoms with Crippen LogP contribution in [0, 0.1) is 0 Å². The van der Waals surface area contributed by atoms with Crippen LogP contribution in [-0.2, 0) is 4.79 Å². The lowest BCUT2D eigenvalue weighted by molar-refractivity contribution is -0.124. The molecule has 3 rings (SSSR count). The molecule has 0 spiro atoms. The maximum absolute atomic E-state index is 12.2. The molecule has 0 bridgehead atoms. The average Bonchev–Trinajstić information content (AvgIpc) is 2.91. The summed E-state index contributed by atoms with van der Waals surface area (Å²) in [5.74, 6) is -0.0382. The van der Waals surface area contributed by atoms with Gasteiger partial charge in [0.05, 0.1) is 12.5 Å². The second-order valence-electron chi connectivity index (χ2n) is 6.19. The fourth-order valence-electron chi connectivity index (χ4n) is 3.65. The Morgan fingerprint density at radius 2 is 2.05 bits per heavy atom. The predicted octanol–water partition coefficient (Wildman–Crippen LogP) is 1.85.